The molecule has 1 unspecified atom stereocenters. The van der Waals surface area contributed by atoms with Gasteiger partial charge in [0.1, 0.15) is 19.1 Å². The van der Waals surface area contributed by atoms with Gasteiger partial charge in [-0.3, -0.25) is 14.2 Å². The van der Waals surface area contributed by atoms with Crippen molar-refractivity contribution in [2.75, 3.05) is 18.0 Å². The van der Waals surface area contributed by atoms with Crippen LogP contribution in [0.4, 0.5) is 10.6 Å². The van der Waals surface area contributed by atoms with Crippen molar-refractivity contribution >= 4 is 35.0 Å². The third kappa shape index (κ3) is 5.22. The number of anilines is 1. The highest BCUT2D eigenvalue weighted by Crippen LogP contribution is 2.28. The number of amides is 1. The number of hydrogen-bond donors (Lipinski definition) is 3. The number of nitrogens with one attached hydrogen (secondary N) is 1. The minimum absolute atomic E-state index is 0.0375. The highest BCUT2D eigenvalue weighted by Gasteiger charge is 2.28. The van der Waals surface area contributed by atoms with Crippen molar-refractivity contribution in [2.45, 2.75) is 32.0 Å². The molecule has 2 aromatic heterocycles. The lowest BCUT2D eigenvalue weighted by atomic mass is 9.97. The number of benzene rings is 1. The number of aromatic nitrogens is 4. The van der Waals surface area contributed by atoms with Gasteiger partial charge in [-0.05, 0) is 18.4 Å². The number of imidazole rings is 1. The Bertz CT molecular complexity index is 1180. The number of aliphatic carboxylic acids is 2. The predicted molar refractivity (Wildman–Crippen MR) is 119 cm³/mol. The lowest BCUT2D eigenvalue weighted by molar-refractivity contribution is -0.142. The molecule has 1 amide bonds. The molecule has 3 heterocycles. The second kappa shape index (κ2) is 10.1. The van der Waals surface area contributed by atoms with Gasteiger partial charge >= 0.3 is 18.0 Å². The lowest BCUT2D eigenvalue weighted by Gasteiger charge is -2.30. The quantitative estimate of drug-likeness (QED) is 0.446. The Kier molecular flexibility index (Phi) is 6.85. The first-order valence-electron chi connectivity index (χ1n) is 10.8. The molecule has 0 saturated carbocycles. The second-order valence-corrected chi connectivity index (χ2v) is 7.94. The molecule has 0 spiro atoms. The molecule has 0 aliphatic carbocycles. The van der Waals surface area contributed by atoms with Gasteiger partial charge in [-0.25, -0.2) is 19.7 Å². The summed E-state index contributed by atoms with van der Waals surface area (Å²) in [6.07, 6.45) is 1.52. The summed E-state index contributed by atoms with van der Waals surface area (Å²) >= 11 is 0. The minimum Gasteiger partial charge on any atom is -0.481 e. The zero-order chi connectivity index (χ0) is 24.1. The smallest absolute Gasteiger partial charge is 0.409 e. The number of ether oxygens (including phenoxy) is 1. The first-order chi connectivity index (χ1) is 16.4. The van der Waals surface area contributed by atoms with E-state index >= 15 is 0 Å². The van der Waals surface area contributed by atoms with Crippen molar-refractivity contribution in [3.05, 3.63) is 48.5 Å². The molecule has 1 aliphatic rings. The molecule has 34 heavy (non-hydrogen) atoms. The number of carboxylic acid groups (broad SMARTS) is 2. The van der Waals surface area contributed by atoms with Crippen molar-refractivity contribution in [2.24, 2.45) is 5.92 Å². The van der Waals surface area contributed by atoms with Crippen LogP contribution in [0.5, 0.6) is 0 Å². The van der Waals surface area contributed by atoms with Crippen LogP contribution >= 0.6 is 0 Å². The summed E-state index contributed by atoms with van der Waals surface area (Å²) in [5, 5.41) is 21.2. The van der Waals surface area contributed by atoms with Crippen LogP contribution in [0.3, 0.4) is 0 Å². The van der Waals surface area contributed by atoms with Crippen molar-refractivity contribution in [3.63, 3.8) is 0 Å². The molecule has 0 bridgehead atoms. The third-order valence-corrected chi connectivity index (χ3v) is 5.68. The summed E-state index contributed by atoms with van der Waals surface area (Å²) in [7, 11) is 0. The number of alkyl carbamates (subject to hydrolysis) is 1. The van der Waals surface area contributed by atoms with Crippen LogP contribution in [-0.4, -0.2) is 60.9 Å². The van der Waals surface area contributed by atoms with Crippen LogP contribution in [-0.2, 0) is 20.9 Å². The highest BCUT2D eigenvalue weighted by molar-refractivity contribution is 5.84. The van der Waals surface area contributed by atoms with Crippen molar-refractivity contribution in [3.8, 4) is 0 Å². The van der Waals surface area contributed by atoms with Gasteiger partial charge in [0.2, 0.25) is 0 Å². The van der Waals surface area contributed by atoms with E-state index in [9.17, 15) is 24.6 Å². The molecule has 1 aliphatic heterocycles. The van der Waals surface area contributed by atoms with Crippen molar-refractivity contribution in [1.29, 1.82) is 0 Å². The Morgan fingerprint density at radius 2 is 1.82 bits per heavy atom. The van der Waals surface area contributed by atoms with Crippen LogP contribution in [0.2, 0.25) is 0 Å². The van der Waals surface area contributed by atoms with Gasteiger partial charge in [-0.1, -0.05) is 30.3 Å². The standard InChI is InChI=1S/C22H24N6O6/c29-17(30)10-16(26-22(33)34-11-14-4-2-1-3-5-14)28-13-25-18-19(23-12-24-20(18)28)27-8-6-15(7-9-27)21(31)32/h1-5,12-13,15-16H,6-11H2,(H,26,33)(H,29,30)(H,31,32). The number of fused-ring (bicyclic) bond motifs is 1. The van der Waals surface area contributed by atoms with Gasteiger partial charge in [0, 0.05) is 13.1 Å². The largest absolute Gasteiger partial charge is 0.481 e. The summed E-state index contributed by atoms with van der Waals surface area (Å²) in [6, 6.07) is 9.11. The van der Waals surface area contributed by atoms with E-state index in [1.807, 2.05) is 35.2 Å². The van der Waals surface area contributed by atoms with Gasteiger partial charge in [0.15, 0.2) is 17.0 Å². The summed E-state index contributed by atoms with van der Waals surface area (Å²) in [5.41, 5.74) is 1.58. The number of carbonyl (C=O) groups excluding carboxylic acids is 1. The Morgan fingerprint density at radius 1 is 1.09 bits per heavy atom. The van der Waals surface area contributed by atoms with E-state index in [-0.39, 0.29) is 6.61 Å². The molecule has 12 nitrogen and oxygen atoms in total. The van der Waals surface area contributed by atoms with E-state index in [1.165, 1.54) is 17.2 Å². The fourth-order valence-corrected chi connectivity index (χ4v) is 3.92. The lowest BCUT2D eigenvalue weighted by Crippen LogP contribution is -2.37. The Hall–Kier alpha value is -4.22. The van der Waals surface area contributed by atoms with E-state index in [0.717, 1.165) is 5.56 Å². The summed E-state index contributed by atoms with van der Waals surface area (Å²) < 4.78 is 6.69. The molecular formula is C22H24N6O6. The zero-order valence-electron chi connectivity index (χ0n) is 18.2. The van der Waals surface area contributed by atoms with Gasteiger partial charge in [0.05, 0.1) is 18.7 Å². The first kappa shape index (κ1) is 23.0. The average molecular weight is 468 g/mol. The molecule has 1 fully saturated rings. The number of nitrogens with zero attached hydrogens (tertiary/aromatic N) is 5. The monoisotopic (exact) mass is 468 g/mol. The number of carboxylic acids is 2. The summed E-state index contributed by atoms with van der Waals surface area (Å²) in [6.45, 7) is 1.03. The summed E-state index contributed by atoms with van der Waals surface area (Å²) in [5.74, 6) is -1.79. The molecule has 0 radical (unpaired) electrons. The fraction of sp³-hybridized carbons (Fsp3) is 0.364. The Balaban J connectivity index is 1.52. The molecule has 3 N–H and O–H groups in total. The Morgan fingerprint density at radius 3 is 2.50 bits per heavy atom. The predicted octanol–water partition coefficient (Wildman–Crippen LogP) is 2.03. The number of rotatable bonds is 8. The minimum atomic E-state index is -1.12. The van der Waals surface area contributed by atoms with E-state index in [2.05, 4.69) is 20.3 Å². The molecule has 1 saturated heterocycles. The fourth-order valence-electron chi connectivity index (χ4n) is 3.92. The Labute approximate surface area is 194 Å². The molecule has 3 aromatic rings. The molecule has 12 heteroatoms. The second-order valence-electron chi connectivity index (χ2n) is 7.94. The van der Waals surface area contributed by atoms with Crippen molar-refractivity contribution in [1.82, 2.24) is 24.8 Å². The van der Waals surface area contributed by atoms with E-state index in [1.54, 1.807) is 0 Å². The van der Waals surface area contributed by atoms with Crippen molar-refractivity contribution < 1.29 is 29.3 Å². The molecule has 4 rings (SSSR count). The molecular weight excluding hydrogens is 444 g/mol. The zero-order valence-corrected chi connectivity index (χ0v) is 18.2. The van der Waals surface area contributed by atoms with Gasteiger partial charge < -0.3 is 25.2 Å². The van der Waals surface area contributed by atoms with E-state index in [4.69, 9.17) is 4.74 Å². The maximum absolute atomic E-state index is 12.4. The summed E-state index contributed by atoms with van der Waals surface area (Å²) in [4.78, 5) is 50.0. The van der Waals surface area contributed by atoms with Crippen LogP contribution < -0.4 is 10.2 Å². The number of carbonyl (C=O) groups is 3. The normalized spacial score (nSPS) is 15.1. The molecule has 178 valence electrons. The average Bonchev–Trinajstić information content (AvgIpc) is 3.27. The van der Waals surface area contributed by atoms with E-state index in [0.29, 0.717) is 42.9 Å². The molecule has 1 atom stereocenters. The first-order valence-corrected chi connectivity index (χ1v) is 10.8. The van der Waals surface area contributed by atoms with Gasteiger partial charge in [-0.15, -0.1) is 0 Å². The number of hydrogen-bond acceptors (Lipinski definition) is 8. The van der Waals surface area contributed by atoms with Crippen LogP contribution in [0.1, 0.15) is 31.0 Å². The number of piperidine rings is 1. The highest BCUT2D eigenvalue weighted by atomic mass is 16.5. The van der Waals surface area contributed by atoms with Crippen LogP contribution in [0.25, 0.3) is 11.2 Å². The SMILES string of the molecule is O=C(O)CC(NC(=O)OCc1ccccc1)n1cnc2c(N3CCC(C(=O)O)CC3)ncnc21. The topological polar surface area (TPSA) is 160 Å². The maximum Gasteiger partial charge on any atom is 0.409 e. The van der Waals surface area contributed by atoms with Crippen LogP contribution in [0.15, 0.2) is 43.0 Å². The van der Waals surface area contributed by atoms with Gasteiger partial charge in [0.25, 0.3) is 0 Å². The van der Waals surface area contributed by atoms with E-state index < -0.39 is 36.5 Å². The van der Waals surface area contributed by atoms with Gasteiger partial charge in [-0.2, -0.15) is 0 Å². The maximum atomic E-state index is 12.4. The third-order valence-electron chi connectivity index (χ3n) is 5.68. The van der Waals surface area contributed by atoms with Crippen LogP contribution in [0, 0.1) is 5.92 Å². The molecule has 1 aromatic carbocycles.